The van der Waals surface area contributed by atoms with E-state index >= 15 is 0 Å². The normalized spacial score (nSPS) is 59.9. The van der Waals surface area contributed by atoms with Gasteiger partial charge in [-0.15, -0.1) is 6.58 Å². The lowest BCUT2D eigenvalue weighted by molar-refractivity contribution is -0.180. The minimum absolute atomic E-state index is 0.118. The highest BCUT2D eigenvalue weighted by Gasteiger charge is 2.62. The Balaban J connectivity index is 1.44. The van der Waals surface area contributed by atoms with E-state index in [1.54, 1.807) is 0 Å². The van der Waals surface area contributed by atoms with Gasteiger partial charge < -0.3 is 10.2 Å². The number of hydrogen-bond acceptors (Lipinski definition) is 2. The molecule has 2 nitrogen and oxygen atoms in total. The monoisotopic (exact) mass is 372 g/mol. The van der Waals surface area contributed by atoms with Gasteiger partial charge in [0.1, 0.15) is 0 Å². The molecule has 0 radical (unpaired) electrons. The minimum Gasteiger partial charge on any atom is -0.392 e. The number of hydrogen-bond donors (Lipinski definition) is 2. The molecule has 2 heteroatoms. The van der Waals surface area contributed by atoms with E-state index in [0.29, 0.717) is 17.3 Å². The summed E-state index contributed by atoms with van der Waals surface area (Å²) in [7, 11) is 0. The lowest BCUT2D eigenvalue weighted by atomic mass is 9.40. The van der Waals surface area contributed by atoms with Crippen LogP contribution < -0.4 is 0 Å². The van der Waals surface area contributed by atoms with Crippen LogP contribution in [-0.2, 0) is 0 Å². The second kappa shape index (κ2) is 6.08. The zero-order valence-electron chi connectivity index (χ0n) is 17.5. The lowest BCUT2D eigenvalue weighted by Gasteiger charge is -2.65. The van der Waals surface area contributed by atoms with Gasteiger partial charge >= 0.3 is 0 Å². The van der Waals surface area contributed by atoms with Crippen LogP contribution >= 0.6 is 0 Å². The average Bonchev–Trinajstić information content (AvgIpc) is 3.06. The summed E-state index contributed by atoms with van der Waals surface area (Å²) in [5.41, 5.74) is -0.0714. The Morgan fingerprint density at radius 2 is 1.56 bits per heavy atom. The van der Waals surface area contributed by atoms with Crippen molar-refractivity contribution in [2.45, 2.75) is 96.2 Å². The Morgan fingerprint density at radius 3 is 2.33 bits per heavy atom. The lowest BCUT2D eigenvalue weighted by Crippen LogP contribution is -2.60. The molecule has 0 saturated heterocycles. The van der Waals surface area contributed by atoms with Crippen molar-refractivity contribution in [3.63, 3.8) is 0 Å². The van der Waals surface area contributed by atoms with Gasteiger partial charge in [0.15, 0.2) is 0 Å². The van der Waals surface area contributed by atoms with Crippen LogP contribution in [0.1, 0.15) is 84.5 Å². The quantitative estimate of drug-likeness (QED) is 0.611. The highest BCUT2D eigenvalue weighted by Crippen LogP contribution is 2.68. The van der Waals surface area contributed by atoms with E-state index in [-0.39, 0.29) is 17.1 Å². The summed E-state index contributed by atoms with van der Waals surface area (Å²) in [5, 5.41) is 22.0. The molecule has 5 fully saturated rings. The zero-order valence-corrected chi connectivity index (χ0v) is 17.5. The molecule has 5 rings (SSSR count). The molecule has 0 aromatic carbocycles. The molecule has 152 valence electrons. The first kappa shape index (κ1) is 18.7. The van der Waals surface area contributed by atoms with Crippen molar-refractivity contribution >= 4 is 0 Å². The molecular weight excluding hydrogens is 332 g/mol. The van der Waals surface area contributed by atoms with Gasteiger partial charge in [-0.05, 0) is 105 Å². The van der Waals surface area contributed by atoms with Crippen molar-refractivity contribution in [1.29, 1.82) is 0 Å². The number of fused-ring (bicyclic) bond motifs is 7. The molecule has 2 N–H and O–H groups in total. The summed E-state index contributed by atoms with van der Waals surface area (Å²) >= 11 is 0. The molecule has 0 spiro atoms. The maximum atomic E-state index is 11.2. The molecule has 5 aliphatic carbocycles. The third kappa shape index (κ3) is 2.38. The van der Waals surface area contributed by atoms with Gasteiger partial charge in [0.25, 0.3) is 0 Å². The predicted octanol–water partition coefficient (Wildman–Crippen LogP) is 5.33. The number of rotatable bonds is 1. The van der Waals surface area contributed by atoms with Crippen molar-refractivity contribution in [2.24, 2.45) is 46.3 Å². The van der Waals surface area contributed by atoms with Crippen LogP contribution in [0.3, 0.4) is 0 Å². The molecule has 5 saturated carbocycles. The highest BCUT2D eigenvalue weighted by atomic mass is 16.3. The third-order valence-electron chi connectivity index (χ3n) is 11.0. The smallest absolute Gasteiger partial charge is 0.0678 e. The van der Waals surface area contributed by atoms with Crippen molar-refractivity contribution in [1.82, 2.24) is 0 Å². The number of aliphatic hydroxyl groups is 2. The van der Waals surface area contributed by atoms with Gasteiger partial charge in [-0.3, -0.25) is 0 Å². The van der Waals surface area contributed by atoms with Gasteiger partial charge in [-0.25, -0.2) is 0 Å². The van der Waals surface area contributed by atoms with E-state index in [1.165, 1.54) is 51.4 Å². The van der Waals surface area contributed by atoms with Gasteiger partial charge in [0.2, 0.25) is 0 Å². The van der Waals surface area contributed by atoms with Crippen molar-refractivity contribution < 1.29 is 10.2 Å². The Kier molecular flexibility index (Phi) is 4.21. The first-order valence-corrected chi connectivity index (χ1v) is 11.9. The van der Waals surface area contributed by atoms with Crippen LogP contribution in [0.5, 0.6) is 0 Å². The van der Waals surface area contributed by atoms with E-state index in [2.05, 4.69) is 26.5 Å². The molecule has 27 heavy (non-hydrogen) atoms. The molecule has 0 bridgehead atoms. The van der Waals surface area contributed by atoms with E-state index in [0.717, 1.165) is 42.9 Å². The van der Waals surface area contributed by atoms with E-state index in [1.807, 2.05) is 0 Å². The highest BCUT2D eigenvalue weighted by molar-refractivity contribution is 5.15. The molecule has 10 atom stereocenters. The van der Waals surface area contributed by atoms with Gasteiger partial charge in [-0.1, -0.05) is 26.3 Å². The molecule has 0 aromatic heterocycles. The fourth-order valence-corrected chi connectivity index (χ4v) is 9.60. The summed E-state index contributed by atoms with van der Waals surface area (Å²) < 4.78 is 0. The van der Waals surface area contributed by atoms with Crippen LogP contribution in [0, 0.1) is 46.3 Å². The SMILES string of the molecule is C=CC1(C)C(O)CCC2(C)C3CCC4C(CCC5(O)CCCC45)C3CCC12. The van der Waals surface area contributed by atoms with Crippen LogP contribution in [0.4, 0.5) is 0 Å². The predicted molar refractivity (Wildman–Crippen MR) is 109 cm³/mol. The van der Waals surface area contributed by atoms with Gasteiger partial charge in [0, 0.05) is 5.41 Å². The largest absolute Gasteiger partial charge is 0.392 e. The van der Waals surface area contributed by atoms with Gasteiger partial charge in [-0.2, -0.15) is 0 Å². The van der Waals surface area contributed by atoms with Crippen molar-refractivity contribution in [3.05, 3.63) is 12.7 Å². The van der Waals surface area contributed by atoms with Crippen LogP contribution in [-0.4, -0.2) is 21.9 Å². The van der Waals surface area contributed by atoms with Crippen molar-refractivity contribution in [3.8, 4) is 0 Å². The van der Waals surface area contributed by atoms with Crippen LogP contribution in [0.2, 0.25) is 0 Å². The fraction of sp³-hybridized carbons (Fsp3) is 0.920. The minimum atomic E-state index is -0.314. The second-order valence-corrected chi connectivity index (χ2v) is 11.6. The Morgan fingerprint density at radius 1 is 0.815 bits per heavy atom. The zero-order chi connectivity index (χ0) is 19.0. The Bertz CT molecular complexity index is 615. The van der Waals surface area contributed by atoms with E-state index < -0.39 is 0 Å². The first-order valence-electron chi connectivity index (χ1n) is 11.9. The Hall–Kier alpha value is -0.340. The summed E-state index contributed by atoms with van der Waals surface area (Å²) in [5.74, 6) is 4.49. The summed E-state index contributed by atoms with van der Waals surface area (Å²) in [6.07, 6.45) is 15.2. The molecule has 0 heterocycles. The number of aliphatic hydroxyl groups excluding tert-OH is 1. The van der Waals surface area contributed by atoms with E-state index in [9.17, 15) is 10.2 Å². The third-order valence-corrected chi connectivity index (χ3v) is 11.0. The summed E-state index contributed by atoms with van der Waals surface area (Å²) in [6, 6.07) is 0. The molecule has 0 aromatic rings. The van der Waals surface area contributed by atoms with Crippen LogP contribution in [0.15, 0.2) is 12.7 Å². The van der Waals surface area contributed by atoms with Crippen LogP contribution in [0.25, 0.3) is 0 Å². The average molecular weight is 373 g/mol. The topological polar surface area (TPSA) is 40.5 Å². The second-order valence-electron chi connectivity index (χ2n) is 11.6. The summed E-state index contributed by atoms with van der Waals surface area (Å²) in [4.78, 5) is 0. The maximum Gasteiger partial charge on any atom is 0.0678 e. The first-order chi connectivity index (χ1) is 12.8. The Labute approximate surface area is 165 Å². The maximum absolute atomic E-state index is 11.2. The van der Waals surface area contributed by atoms with Crippen molar-refractivity contribution in [2.75, 3.05) is 0 Å². The molecule has 0 amide bonds. The molecule has 0 aliphatic heterocycles. The molecular formula is C25H40O2. The fourth-order valence-electron chi connectivity index (χ4n) is 9.60. The molecule has 10 unspecified atom stereocenters. The molecule has 5 aliphatic rings. The van der Waals surface area contributed by atoms with Gasteiger partial charge in [0.05, 0.1) is 11.7 Å². The standard InChI is InChI=1S/C25H40O2/c1-4-23(2)21-10-8-17-16-11-15-25(27)13-5-6-20(25)18(16)7-9-19(17)24(21,3)14-12-22(23)26/h4,16-22,26-27H,1,5-15H2,2-3H3. The van der Waals surface area contributed by atoms with E-state index in [4.69, 9.17) is 0 Å². The summed E-state index contributed by atoms with van der Waals surface area (Å²) in [6.45, 7) is 9.00.